The highest BCUT2D eigenvalue weighted by Crippen LogP contribution is 2.15. The molecule has 2 unspecified atom stereocenters. The van der Waals surface area contributed by atoms with Crippen LogP contribution in [0.5, 0.6) is 0 Å². The summed E-state index contributed by atoms with van der Waals surface area (Å²) in [4.78, 5) is 10.1. The Kier molecular flexibility index (Phi) is 14.3. The molecule has 0 saturated carbocycles. The number of aliphatic carboxylic acids is 1. The van der Waals surface area contributed by atoms with E-state index in [1.54, 1.807) is 0 Å². The van der Waals surface area contributed by atoms with E-state index in [1.807, 2.05) is 44.3 Å². The maximum atomic E-state index is 10.1. The minimum absolute atomic E-state index is 0.0902. The van der Waals surface area contributed by atoms with Crippen molar-refractivity contribution in [3.05, 3.63) is 35.9 Å². The van der Waals surface area contributed by atoms with E-state index in [0.717, 1.165) is 18.4 Å². The van der Waals surface area contributed by atoms with Crippen LogP contribution in [0.4, 0.5) is 0 Å². The molecule has 3 N–H and O–H groups in total. The Balaban J connectivity index is 0.000000441. The van der Waals surface area contributed by atoms with Gasteiger partial charge in [-0.25, -0.2) is 0 Å². The molecule has 0 saturated heterocycles. The molecule has 4 nitrogen and oxygen atoms in total. The van der Waals surface area contributed by atoms with Gasteiger partial charge in [-0.05, 0) is 26.0 Å². The monoisotopic (exact) mass is 337 g/mol. The number of unbranched alkanes of at least 4 members (excludes halogenated alkanes) is 6. The summed E-state index contributed by atoms with van der Waals surface area (Å²) < 4.78 is 0. The van der Waals surface area contributed by atoms with Crippen LogP contribution < -0.4 is 5.32 Å². The third kappa shape index (κ3) is 12.1. The second-order valence-corrected chi connectivity index (χ2v) is 6.20. The SMILES string of the molecule is CCCCCCCCCC(=O)O.CNC(C)C(O)c1ccccc1. The van der Waals surface area contributed by atoms with E-state index in [1.165, 1.54) is 32.1 Å². The molecule has 1 aromatic rings. The molecule has 1 rings (SSSR count). The van der Waals surface area contributed by atoms with Crippen LogP contribution in [0.15, 0.2) is 30.3 Å². The Bertz CT molecular complexity index is 409. The molecule has 0 amide bonds. The second-order valence-electron chi connectivity index (χ2n) is 6.20. The van der Waals surface area contributed by atoms with Crippen molar-refractivity contribution in [2.45, 2.75) is 77.4 Å². The van der Waals surface area contributed by atoms with Gasteiger partial charge in [0.15, 0.2) is 0 Å². The summed E-state index contributed by atoms with van der Waals surface area (Å²) in [6.45, 7) is 4.15. The first-order valence-electron chi connectivity index (χ1n) is 9.15. The van der Waals surface area contributed by atoms with Crippen LogP contribution in [0.1, 0.15) is 76.9 Å². The van der Waals surface area contributed by atoms with Gasteiger partial charge in [0, 0.05) is 12.5 Å². The number of likely N-dealkylation sites (N-methyl/N-ethyl adjacent to an activating group) is 1. The van der Waals surface area contributed by atoms with Crippen molar-refractivity contribution in [2.75, 3.05) is 7.05 Å². The zero-order chi connectivity index (χ0) is 18.2. The average Bonchev–Trinajstić information content (AvgIpc) is 2.60. The number of hydrogen-bond donors (Lipinski definition) is 3. The van der Waals surface area contributed by atoms with Crippen LogP contribution >= 0.6 is 0 Å². The van der Waals surface area contributed by atoms with Crippen molar-refractivity contribution in [1.82, 2.24) is 5.32 Å². The molecule has 1 aromatic carbocycles. The first kappa shape index (κ1) is 22.6. The summed E-state index contributed by atoms with van der Waals surface area (Å²) in [6.07, 6.45) is 8.22. The fourth-order valence-electron chi connectivity index (χ4n) is 2.33. The quantitative estimate of drug-likeness (QED) is 0.519. The van der Waals surface area contributed by atoms with E-state index < -0.39 is 12.1 Å². The number of nitrogens with one attached hydrogen (secondary N) is 1. The lowest BCUT2D eigenvalue weighted by Crippen LogP contribution is -2.28. The van der Waals surface area contributed by atoms with E-state index >= 15 is 0 Å². The van der Waals surface area contributed by atoms with E-state index in [4.69, 9.17) is 5.11 Å². The van der Waals surface area contributed by atoms with Crippen molar-refractivity contribution in [1.29, 1.82) is 0 Å². The summed E-state index contributed by atoms with van der Waals surface area (Å²) in [5.74, 6) is -0.663. The van der Waals surface area contributed by atoms with Crippen LogP contribution in [0, 0.1) is 0 Å². The third-order valence-electron chi connectivity index (χ3n) is 4.06. The van der Waals surface area contributed by atoms with Gasteiger partial charge in [0.1, 0.15) is 0 Å². The molecule has 0 aliphatic heterocycles. The van der Waals surface area contributed by atoms with Crippen LogP contribution in [-0.2, 0) is 4.79 Å². The van der Waals surface area contributed by atoms with E-state index in [9.17, 15) is 9.90 Å². The highest BCUT2D eigenvalue weighted by atomic mass is 16.4. The zero-order valence-corrected chi connectivity index (χ0v) is 15.5. The Morgan fingerprint density at radius 2 is 1.58 bits per heavy atom. The van der Waals surface area contributed by atoms with E-state index in [2.05, 4.69) is 12.2 Å². The molecular formula is C20H35NO3. The largest absolute Gasteiger partial charge is 0.481 e. The lowest BCUT2D eigenvalue weighted by Gasteiger charge is -2.17. The Hall–Kier alpha value is -1.39. The smallest absolute Gasteiger partial charge is 0.303 e. The van der Waals surface area contributed by atoms with Crippen LogP contribution in [0.25, 0.3) is 0 Å². The van der Waals surface area contributed by atoms with Gasteiger partial charge in [-0.3, -0.25) is 4.79 Å². The highest BCUT2D eigenvalue weighted by molar-refractivity contribution is 5.66. The highest BCUT2D eigenvalue weighted by Gasteiger charge is 2.12. The van der Waals surface area contributed by atoms with Crippen LogP contribution in [0.3, 0.4) is 0 Å². The molecule has 0 aromatic heterocycles. The first-order chi connectivity index (χ1) is 11.5. The van der Waals surface area contributed by atoms with Crippen LogP contribution in [0.2, 0.25) is 0 Å². The minimum atomic E-state index is -0.663. The van der Waals surface area contributed by atoms with Crippen molar-refractivity contribution in [2.24, 2.45) is 0 Å². The van der Waals surface area contributed by atoms with E-state index in [0.29, 0.717) is 6.42 Å². The molecule has 0 fully saturated rings. The maximum absolute atomic E-state index is 10.1. The van der Waals surface area contributed by atoms with Gasteiger partial charge < -0.3 is 15.5 Å². The summed E-state index contributed by atoms with van der Waals surface area (Å²) in [7, 11) is 1.84. The molecule has 0 spiro atoms. The number of aliphatic hydroxyl groups is 1. The molecule has 0 heterocycles. The maximum Gasteiger partial charge on any atom is 0.303 e. The van der Waals surface area contributed by atoms with Crippen LogP contribution in [-0.4, -0.2) is 29.3 Å². The number of carboxylic acid groups (broad SMARTS) is 1. The summed E-state index contributed by atoms with van der Waals surface area (Å²) in [5, 5.41) is 21.1. The molecule has 0 radical (unpaired) electrons. The number of hydrogen-bond acceptors (Lipinski definition) is 3. The van der Waals surface area contributed by atoms with Gasteiger partial charge in [-0.1, -0.05) is 75.8 Å². The lowest BCUT2D eigenvalue weighted by atomic mass is 10.0. The molecule has 0 bridgehead atoms. The van der Waals surface area contributed by atoms with Gasteiger partial charge >= 0.3 is 5.97 Å². The third-order valence-corrected chi connectivity index (χ3v) is 4.06. The number of carbonyl (C=O) groups is 1. The first-order valence-corrected chi connectivity index (χ1v) is 9.15. The fraction of sp³-hybridized carbons (Fsp3) is 0.650. The lowest BCUT2D eigenvalue weighted by molar-refractivity contribution is -0.137. The fourth-order valence-corrected chi connectivity index (χ4v) is 2.33. The molecule has 0 aliphatic rings. The predicted molar refractivity (Wildman–Crippen MR) is 100 cm³/mol. The predicted octanol–water partition coefficient (Wildman–Crippen LogP) is 4.54. The Morgan fingerprint density at radius 1 is 1.04 bits per heavy atom. The summed E-state index contributed by atoms with van der Waals surface area (Å²) >= 11 is 0. The molecule has 24 heavy (non-hydrogen) atoms. The molecule has 2 atom stereocenters. The summed E-state index contributed by atoms with van der Waals surface area (Å²) in [6, 6.07) is 9.76. The summed E-state index contributed by atoms with van der Waals surface area (Å²) in [5.41, 5.74) is 0.958. The molecular weight excluding hydrogens is 302 g/mol. The van der Waals surface area contributed by atoms with Gasteiger partial charge in [0.05, 0.1) is 6.10 Å². The molecule has 138 valence electrons. The number of carboxylic acids is 1. The van der Waals surface area contributed by atoms with E-state index in [-0.39, 0.29) is 6.04 Å². The van der Waals surface area contributed by atoms with Gasteiger partial charge in [0.2, 0.25) is 0 Å². The number of benzene rings is 1. The minimum Gasteiger partial charge on any atom is -0.481 e. The van der Waals surface area contributed by atoms with Crippen molar-refractivity contribution in [3.8, 4) is 0 Å². The average molecular weight is 338 g/mol. The Labute approximate surface area is 147 Å². The van der Waals surface area contributed by atoms with Crippen molar-refractivity contribution < 1.29 is 15.0 Å². The Morgan fingerprint density at radius 3 is 2.08 bits per heavy atom. The number of aliphatic hydroxyl groups excluding tert-OH is 1. The molecule has 4 heteroatoms. The molecule has 0 aliphatic carbocycles. The topological polar surface area (TPSA) is 69.6 Å². The van der Waals surface area contributed by atoms with Crippen molar-refractivity contribution >= 4 is 5.97 Å². The number of rotatable bonds is 11. The second kappa shape index (κ2) is 15.2. The standard InChI is InChI=1S/C10H15NO.C10H20O2/c1-8(11-2)10(12)9-6-4-3-5-7-9;1-2-3-4-5-6-7-8-9-10(11)12/h3-8,10-12H,1-2H3;2-9H2,1H3,(H,11,12). The van der Waals surface area contributed by atoms with Gasteiger partial charge in [-0.15, -0.1) is 0 Å². The normalized spacial score (nSPS) is 12.8. The van der Waals surface area contributed by atoms with Gasteiger partial charge in [-0.2, -0.15) is 0 Å². The van der Waals surface area contributed by atoms with Gasteiger partial charge in [0.25, 0.3) is 0 Å². The zero-order valence-electron chi connectivity index (χ0n) is 15.5. The van der Waals surface area contributed by atoms with Crippen molar-refractivity contribution in [3.63, 3.8) is 0 Å².